The van der Waals surface area contributed by atoms with Crippen LogP contribution >= 0.6 is 0 Å². The Morgan fingerprint density at radius 2 is 1.71 bits per heavy atom. The maximum Gasteiger partial charge on any atom is 0.431 e. The lowest BCUT2D eigenvalue weighted by atomic mass is 9.88. The van der Waals surface area contributed by atoms with Crippen molar-refractivity contribution < 1.29 is 22.1 Å². The average Bonchev–Trinajstić information content (AvgIpc) is 2.88. The van der Waals surface area contributed by atoms with Crippen molar-refractivity contribution in [1.29, 1.82) is 0 Å². The second-order valence-corrected chi connectivity index (χ2v) is 6.87. The molecule has 2 aromatic carbocycles. The summed E-state index contributed by atoms with van der Waals surface area (Å²) in [5.41, 5.74) is -0.440. The Bertz CT molecular complexity index is 823. The van der Waals surface area contributed by atoms with E-state index in [0.717, 1.165) is 0 Å². The highest BCUT2D eigenvalue weighted by atomic mass is 32.2. The monoisotopic (exact) mass is 347 g/mol. The summed E-state index contributed by atoms with van der Waals surface area (Å²) in [5.74, 6) is 0.266. The van der Waals surface area contributed by atoms with E-state index in [1.54, 1.807) is 61.5 Å². The largest absolute Gasteiger partial charge is 0.431 e. The molecule has 126 valence electrons. The van der Waals surface area contributed by atoms with Gasteiger partial charge in [0.1, 0.15) is 11.3 Å². The summed E-state index contributed by atoms with van der Waals surface area (Å²) in [6.07, 6.45) is -0.621. The highest BCUT2D eigenvalue weighted by molar-refractivity contribution is 7.85. The Kier molecular flexibility index (Phi) is 4.29. The zero-order valence-corrected chi connectivity index (χ0v) is 13.9. The van der Waals surface area contributed by atoms with Crippen LogP contribution in [-0.4, -0.2) is 25.4 Å². The van der Waals surface area contributed by atoms with Crippen LogP contribution in [0, 0.1) is 0 Å². The van der Waals surface area contributed by atoms with E-state index < -0.39 is 21.9 Å². The number of hydrogen-bond donors (Lipinski definition) is 0. The lowest BCUT2D eigenvalue weighted by molar-refractivity contribution is 0.134. The quantitative estimate of drug-likeness (QED) is 0.853. The van der Waals surface area contributed by atoms with Gasteiger partial charge in [-0.2, -0.15) is 12.7 Å². The van der Waals surface area contributed by atoms with E-state index in [0.29, 0.717) is 16.3 Å². The zero-order valence-electron chi connectivity index (χ0n) is 13.1. The van der Waals surface area contributed by atoms with Gasteiger partial charge in [0.05, 0.1) is 6.61 Å². The van der Waals surface area contributed by atoms with E-state index in [1.165, 1.54) is 0 Å². The van der Waals surface area contributed by atoms with Gasteiger partial charge >= 0.3 is 16.4 Å². The van der Waals surface area contributed by atoms with Crippen LogP contribution < -0.4 is 4.74 Å². The number of para-hydroxylation sites is 1. The topological polar surface area (TPSA) is 72.9 Å². The lowest BCUT2D eigenvalue weighted by Gasteiger charge is -2.33. The average molecular weight is 347 g/mol. The molecule has 0 aromatic heterocycles. The molecule has 0 N–H and O–H groups in total. The van der Waals surface area contributed by atoms with Crippen molar-refractivity contribution in [3.05, 3.63) is 66.2 Å². The summed E-state index contributed by atoms with van der Waals surface area (Å²) in [5, 5.41) is 0. The van der Waals surface area contributed by atoms with Crippen LogP contribution in [0.2, 0.25) is 0 Å². The molecule has 0 aliphatic carbocycles. The second kappa shape index (κ2) is 6.26. The first-order valence-corrected chi connectivity index (χ1v) is 8.88. The molecule has 0 radical (unpaired) electrons. The fourth-order valence-corrected chi connectivity index (χ4v) is 4.18. The van der Waals surface area contributed by atoms with Crippen molar-refractivity contribution in [2.75, 3.05) is 6.61 Å². The number of benzene rings is 2. The zero-order chi connectivity index (χ0) is 17.2. The molecule has 2 aromatic rings. The number of carbonyl (C=O) groups is 1. The third-order valence-electron chi connectivity index (χ3n) is 4.07. The summed E-state index contributed by atoms with van der Waals surface area (Å²) < 4.78 is 35.6. The Hall–Kier alpha value is -2.38. The van der Waals surface area contributed by atoms with E-state index in [2.05, 4.69) is 0 Å². The number of carbonyl (C=O) groups excluding carboxylic acids is 1. The Labute approximate surface area is 140 Å². The van der Waals surface area contributed by atoms with Gasteiger partial charge in [-0.05, 0) is 24.1 Å². The molecular weight excluding hydrogens is 330 g/mol. The minimum Gasteiger partial charge on any atom is -0.409 e. The summed E-state index contributed by atoms with van der Waals surface area (Å²) in [4.78, 5) is 12.6. The number of nitrogens with zero attached hydrogens (tertiary/aromatic N) is 1. The van der Waals surface area contributed by atoms with E-state index in [1.807, 2.05) is 6.07 Å². The van der Waals surface area contributed by atoms with Gasteiger partial charge in [0.15, 0.2) is 0 Å². The Balaban J connectivity index is 2.02. The molecular formula is C17H17NO5S. The van der Waals surface area contributed by atoms with Crippen LogP contribution in [0.3, 0.4) is 0 Å². The predicted octanol–water partition coefficient (Wildman–Crippen LogP) is 3.07. The van der Waals surface area contributed by atoms with Crippen molar-refractivity contribution >= 4 is 16.4 Å². The number of hydrogen-bond acceptors (Lipinski definition) is 5. The van der Waals surface area contributed by atoms with Crippen molar-refractivity contribution in [3.63, 3.8) is 0 Å². The minimum atomic E-state index is -4.22. The van der Waals surface area contributed by atoms with Crippen molar-refractivity contribution in [2.24, 2.45) is 0 Å². The van der Waals surface area contributed by atoms with E-state index in [4.69, 9.17) is 8.92 Å². The third-order valence-corrected chi connectivity index (χ3v) is 5.43. The second-order valence-electron chi connectivity index (χ2n) is 5.42. The highest BCUT2D eigenvalue weighted by Gasteiger charge is 2.55. The Morgan fingerprint density at radius 3 is 2.29 bits per heavy atom. The van der Waals surface area contributed by atoms with Gasteiger partial charge < -0.3 is 4.74 Å². The third kappa shape index (κ3) is 2.76. The lowest BCUT2D eigenvalue weighted by Crippen LogP contribution is -2.49. The van der Waals surface area contributed by atoms with Crippen LogP contribution in [0.25, 0.3) is 0 Å². The van der Waals surface area contributed by atoms with Crippen molar-refractivity contribution in [3.8, 4) is 5.75 Å². The molecule has 1 saturated heterocycles. The number of ether oxygens (including phenoxy) is 1. The summed E-state index contributed by atoms with van der Waals surface area (Å²) in [6.45, 7) is 1.67. The van der Waals surface area contributed by atoms with Crippen LogP contribution in [0.1, 0.15) is 18.9 Å². The van der Waals surface area contributed by atoms with Gasteiger partial charge in [-0.15, -0.1) is 0 Å². The maximum atomic E-state index is 12.6. The molecule has 24 heavy (non-hydrogen) atoms. The predicted molar refractivity (Wildman–Crippen MR) is 87.6 cm³/mol. The molecule has 1 aliphatic rings. The molecule has 1 unspecified atom stereocenters. The van der Waals surface area contributed by atoms with E-state index >= 15 is 0 Å². The van der Waals surface area contributed by atoms with Crippen LogP contribution in [-0.2, 0) is 20.0 Å². The normalized spacial score (nSPS) is 22.3. The molecule has 6 nitrogen and oxygen atoms in total. The van der Waals surface area contributed by atoms with E-state index in [9.17, 15) is 13.2 Å². The highest BCUT2D eigenvalue weighted by Crippen LogP contribution is 2.41. The molecule has 0 bridgehead atoms. The SMILES string of the molecule is CCC1(c2ccccc2)COS(=O)(=O)N1C(=O)Oc1ccccc1. The maximum absolute atomic E-state index is 12.6. The van der Waals surface area contributed by atoms with Gasteiger partial charge in [0, 0.05) is 0 Å². The van der Waals surface area contributed by atoms with Gasteiger partial charge in [0.2, 0.25) is 0 Å². The number of rotatable bonds is 3. The van der Waals surface area contributed by atoms with Gasteiger partial charge in [-0.25, -0.2) is 4.79 Å². The molecule has 1 atom stereocenters. The van der Waals surface area contributed by atoms with Gasteiger partial charge in [-0.3, -0.25) is 4.18 Å². The van der Waals surface area contributed by atoms with Crippen molar-refractivity contribution in [1.82, 2.24) is 4.31 Å². The number of amides is 1. The van der Waals surface area contributed by atoms with Crippen molar-refractivity contribution in [2.45, 2.75) is 18.9 Å². The molecule has 1 aliphatic heterocycles. The first kappa shape index (κ1) is 16.5. The smallest absolute Gasteiger partial charge is 0.409 e. The molecule has 1 amide bonds. The van der Waals surface area contributed by atoms with Gasteiger partial charge in [-0.1, -0.05) is 55.5 Å². The van der Waals surface area contributed by atoms with Gasteiger partial charge in [0.25, 0.3) is 0 Å². The van der Waals surface area contributed by atoms with Crippen LogP contribution in [0.15, 0.2) is 60.7 Å². The first-order chi connectivity index (χ1) is 11.5. The fourth-order valence-electron chi connectivity index (χ4n) is 2.79. The summed E-state index contributed by atoms with van der Waals surface area (Å²) >= 11 is 0. The summed E-state index contributed by atoms with van der Waals surface area (Å²) in [7, 11) is -4.22. The van der Waals surface area contributed by atoms with Crippen LogP contribution in [0.4, 0.5) is 4.79 Å². The molecule has 1 fully saturated rings. The minimum absolute atomic E-state index is 0.139. The standard InChI is InChI=1S/C17H17NO5S/c1-2-17(14-9-5-3-6-10-14)13-22-24(20,21)18(17)16(19)23-15-11-7-4-8-12-15/h3-12H,2,13H2,1H3. The fraction of sp³-hybridized carbons (Fsp3) is 0.235. The molecule has 1 heterocycles. The molecule has 0 spiro atoms. The molecule has 7 heteroatoms. The Morgan fingerprint density at radius 1 is 1.12 bits per heavy atom. The summed E-state index contributed by atoms with van der Waals surface area (Å²) in [6, 6.07) is 17.3. The van der Waals surface area contributed by atoms with E-state index in [-0.39, 0.29) is 12.4 Å². The van der Waals surface area contributed by atoms with Crippen LogP contribution in [0.5, 0.6) is 5.75 Å². The molecule has 0 saturated carbocycles. The molecule has 3 rings (SSSR count). The first-order valence-electron chi connectivity index (χ1n) is 7.52.